The highest BCUT2D eigenvalue weighted by Gasteiger charge is 2.25. The molecule has 0 aliphatic carbocycles. The van der Waals surface area contributed by atoms with E-state index < -0.39 is 5.97 Å². The van der Waals surface area contributed by atoms with Crippen molar-refractivity contribution in [1.82, 2.24) is 4.90 Å². The summed E-state index contributed by atoms with van der Waals surface area (Å²) in [6, 6.07) is 7.09. The summed E-state index contributed by atoms with van der Waals surface area (Å²) in [6.45, 7) is 8.74. The van der Waals surface area contributed by atoms with Crippen molar-refractivity contribution in [3.63, 3.8) is 0 Å². The Morgan fingerprint density at radius 1 is 1.43 bits per heavy atom. The Balaban J connectivity index is 2.01. The van der Waals surface area contributed by atoms with Gasteiger partial charge in [0.15, 0.2) is 0 Å². The third-order valence-corrected chi connectivity index (χ3v) is 4.74. The number of likely N-dealkylation sites (tertiary alicyclic amines) is 1. The fourth-order valence-corrected chi connectivity index (χ4v) is 3.50. The summed E-state index contributed by atoms with van der Waals surface area (Å²) >= 11 is 0. The zero-order valence-electron chi connectivity index (χ0n) is 13.4. The van der Waals surface area contributed by atoms with Crippen LogP contribution in [0.15, 0.2) is 18.2 Å². The highest BCUT2D eigenvalue weighted by Crippen LogP contribution is 2.30. The highest BCUT2D eigenvalue weighted by molar-refractivity contribution is 5.66. The minimum atomic E-state index is -0.672. The first-order chi connectivity index (χ1) is 9.97. The van der Waals surface area contributed by atoms with Gasteiger partial charge in [-0.3, -0.25) is 9.69 Å². The number of hydrogen-bond acceptors (Lipinski definition) is 2. The van der Waals surface area contributed by atoms with Crippen molar-refractivity contribution >= 4 is 5.97 Å². The molecule has 0 saturated carbocycles. The van der Waals surface area contributed by atoms with Gasteiger partial charge in [0.2, 0.25) is 0 Å². The summed E-state index contributed by atoms with van der Waals surface area (Å²) in [5, 5.41) is 8.85. The van der Waals surface area contributed by atoms with Crippen molar-refractivity contribution in [2.24, 2.45) is 5.92 Å². The topological polar surface area (TPSA) is 40.5 Å². The normalized spacial score (nSPS) is 21.2. The lowest BCUT2D eigenvalue weighted by atomic mass is 9.90. The number of carboxylic acid groups (broad SMARTS) is 1. The SMILES string of the molecule is Cc1ccc(C(C)N2CCCC(CCC(=O)O)C2)c(C)c1. The average Bonchev–Trinajstić information content (AvgIpc) is 2.45. The molecule has 0 radical (unpaired) electrons. The number of piperidine rings is 1. The van der Waals surface area contributed by atoms with Crippen LogP contribution in [0.5, 0.6) is 0 Å². The second kappa shape index (κ2) is 7.08. The van der Waals surface area contributed by atoms with Crippen LogP contribution in [-0.4, -0.2) is 29.1 Å². The Hall–Kier alpha value is -1.35. The van der Waals surface area contributed by atoms with Crippen LogP contribution in [0, 0.1) is 19.8 Å². The molecule has 3 heteroatoms. The van der Waals surface area contributed by atoms with Gasteiger partial charge in [-0.15, -0.1) is 0 Å². The van der Waals surface area contributed by atoms with Gasteiger partial charge in [-0.2, -0.15) is 0 Å². The number of rotatable bonds is 5. The first kappa shape index (κ1) is 16.0. The molecule has 2 atom stereocenters. The molecule has 0 aromatic heterocycles. The van der Waals surface area contributed by atoms with Gasteiger partial charge in [0, 0.05) is 19.0 Å². The van der Waals surface area contributed by atoms with Gasteiger partial charge >= 0.3 is 5.97 Å². The Morgan fingerprint density at radius 3 is 2.86 bits per heavy atom. The van der Waals surface area contributed by atoms with E-state index in [4.69, 9.17) is 5.11 Å². The van der Waals surface area contributed by atoms with Crippen LogP contribution in [0.4, 0.5) is 0 Å². The molecule has 0 amide bonds. The first-order valence-corrected chi connectivity index (χ1v) is 8.00. The lowest BCUT2D eigenvalue weighted by molar-refractivity contribution is -0.137. The Labute approximate surface area is 128 Å². The molecular weight excluding hydrogens is 262 g/mol. The van der Waals surface area contributed by atoms with Gasteiger partial charge < -0.3 is 5.11 Å². The van der Waals surface area contributed by atoms with Crippen LogP contribution < -0.4 is 0 Å². The minimum absolute atomic E-state index is 0.302. The van der Waals surface area contributed by atoms with Crippen molar-refractivity contribution in [2.75, 3.05) is 13.1 Å². The van der Waals surface area contributed by atoms with Crippen molar-refractivity contribution in [2.45, 2.75) is 52.5 Å². The third kappa shape index (κ3) is 4.31. The van der Waals surface area contributed by atoms with E-state index in [0.717, 1.165) is 19.5 Å². The first-order valence-electron chi connectivity index (χ1n) is 8.00. The number of benzene rings is 1. The van der Waals surface area contributed by atoms with Crippen molar-refractivity contribution in [1.29, 1.82) is 0 Å². The van der Waals surface area contributed by atoms with E-state index in [0.29, 0.717) is 18.4 Å². The minimum Gasteiger partial charge on any atom is -0.481 e. The molecule has 1 N–H and O–H groups in total. The van der Waals surface area contributed by atoms with Crippen LogP contribution in [0.1, 0.15) is 55.3 Å². The largest absolute Gasteiger partial charge is 0.481 e. The number of aryl methyl sites for hydroxylation is 2. The smallest absolute Gasteiger partial charge is 0.303 e. The number of aliphatic carboxylic acids is 1. The van der Waals surface area contributed by atoms with E-state index in [1.165, 1.54) is 29.5 Å². The van der Waals surface area contributed by atoms with Gasteiger partial charge in [-0.05, 0) is 63.6 Å². The van der Waals surface area contributed by atoms with Gasteiger partial charge in [-0.25, -0.2) is 0 Å². The monoisotopic (exact) mass is 289 g/mol. The second-order valence-corrected chi connectivity index (χ2v) is 6.47. The molecule has 1 aromatic carbocycles. The van der Waals surface area contributed by atoms with E-state index in [9.17, 15) is 4.79 Å². The molecule has 2 unspecified atom stereocenters. The standard InChI is InChI=1S/C18H27NO2/c1-13-6-8-17(14(2)11-13)15(3)19-10-4-5-16(12-19)7-9-18(20)21/h6,8,11,15-16H,4-5,7,9-10,12H2,1-3H3,(H,20,21). The maximum atomic E-state index is 10.7. The second-order valence-electron chi connectivity index (χ2n) is 6.47. The summed E-state index contributed by atoms with van der Waals surface area (Å²) in [4.78, 5) is 13.3. The lowest BCUT2D eigenvalue weighted by Crippen LogP contribution is -2.37. The Kier molecular flexibility index (Phi) is 5.40. The third-order valence-electron chi connectivity index (χ3n) is 4.74. The number of nitrogens with zero attached hydrogens (tertiary/aromatic N) is 1. The van der Waals surface area contributed by atoms with Crippen LogP contribution in [0.2, 0.25) is 0 Å². The van der Waals surface area contributed by atoms with Gasteiger partial charge in [-0.1, -0.05) is 23.8 Å². The summed E-state index contributed by atoms with van der Waals surface area (Å²) in [6.07, 6.45) is 3.46. The van der Waals surface area contributed by atoms with Crippen molar-refractivity contribution < 1.29 is 9.90 Å². The predicted molar refractivity (Wildman–Crippen MR) is 85.5 cm³/mol. The van der Waals surface area contributed by atoms with Gasteiger partial charge in [0.25, 0.3) is 0 Å². The fraction of sp³-hybridized carbons (Fsp3) is 0.611. The molecule has 0 spiro atoms. The highest BCUT2D eigenvalue weighted by atomic mass is 16.4. The van der Waals surface area contributed by atoms with Crippen LogP contribution in [0.3, 0.4) is 0 Å². The molecule has 3 nitrogen and oxygen atoms in total. The fourth-order valence-electron chi connectivity index (χ4n) is 3.50. The maximum absolute atomic E-state index is 10.7. The van der Waals surface area contributed by atoms with E-state index >= 15 is 0 Å². The molecule has 116 valence electrons. The summed E-state index contributed by atoms with van der Waals surface area (Å²) < 4.78 is 0. The molecule has 0 bridgehead atoms. The van der Waals surface area contributed by atoms with Crippen molar-refractivity contribution in [3.8, 4) is 0 Å². The van der Waals surface area contributed by atoms with Crippen LogP contribution in [-0.2, 0) is 4.79 Å². The zero-order chi connectivity index (χ0) is 15.4. The number of carboxylic acids is 1. The molecular formula is C18H27NO2. The summed E-state index contributed by atoms with van der Waals surface area (Å²) in [5.41, 5.74) is 4.07. The zero-order valence-corrected chi connectivity index (χ0v) is 13.4. The van der Waals surface area contributed by atoms with E-state index in [1.54, 1.807) is 0 Å². The van der Waals surface area contributed by atoms with Gasteiger partial charge in [0.1, 0.15) is 0 Å². The van der Waals surface area contributed by atoms with Gasteiger partial charge in [0.05, 0.1) is 0 Å². The average molecular weight is 289 g/mol. The predicted octanol–water partition coefficient (Wildman–Crippen LogP) is 3.94. The molecule has 21 heavy (non-hydrogen) atoms. The Morgan fingerprint density at radius 2 is 2.19 bits per heavy atom. The Bertz CT molecular complexity index is 498. The van der Waals surface area contributed by atoms with Crippen LogP contribution in [0.25, 0.3) is 0 Å². The molecule has 2 rings (SSSR count). The van der Waals surface area contributed by atoms with E-state index in [2.05, 4.69) is 43.9 Å². The molecule has 1 saturated heterocycles. The summed E-state index contributed by atoms with van der Waals surface area (Å²) in [7, 11) is 0. The molecule has 1 heterocycles. The van der Waals surface area contributed by atoms with E-state index in [1.807, 2.05) is 0 Å². The number of hydrogen-bond donors (Lipinski definition) is 1. The quantitative estimate of drug-likeness (QED) is 0.892. The van der Waals surface area contributed by atoms with Crippen molar-refractivity contribution in [3.05, 3.63) is 34.9 Å². The van der Waals surface area contributed by atoms with Crippen LogP contribution >= 0.6 is 0 Å². The lowest BCUT2D eigenvalue weighted by Gasteiger charge is -2.37. The molecule has 1 aromatic rings. The molecule has 1 aliphatic rings. The summed E-state index contributed by atoms with van der Waals surface area (Å²) in [5.74, 6) is -0.141. The maximum Gasteiger partial charge on any atom is 0.303 e. The number of carbonyl (C=O) groups is 1. The molecule has 1 aliphatic heterocycles. The molecule has 1 fully saturated rings. The van der Waals surface area contributed by atoms with E-state index in [-0.39, 0.29) is 0 Å².